The van der Waals surface area contributed by atoms with Crippen LogP contribution in [0.5, 0.6) is 0 Å². The van der Waals surface area contributed by atoms with Crippen LogP contribution in [0, 0.1) is 0 Å². The molecular formula is C12H24MnN4O4-4. The standard InChI is InChI=1S/C8H12N4O4.4CH4.Mn/c13-5-3-11-7(15)8(16)12-4-6(14)10-2-1-9-5;;;;;/h1-4H2,(H4,9,10,11,12,13,14,15,16);4*1H4;/p-4. The van der Waals surface area contributed by atoms with Gasteiger partial charge in [0.1, 0.15) is 11.8 Å². The topological polar surface area (TPSA) is 125 Å². The average Bonchev–Trinajstić information content (AvgIpc) is 2.27. The molecular weight excluding hydrogens is 319 g/mol. The first-order chi connectivity index (χ1) is 7.59. The number of carbonyl (C=O) groups is 4. The van der Waals surface area contributed by atoms with Crippen LogP contribution in [0.4, 0.5) is 0 Å². The van der Waals surface area contributed by atoms with Crippen molar-refractivity contribution in [1.82, 2.24) is 0 Å². The molecule has 0 aromatic heterocycles. The Hall–Kier alpha value is -1.60. The maximum atomic E-state index is 11.0. The van der Waals surface area contributed by atoms with E-state index in [1.807, 2.05) is 0 Å². The van der Waals surface area contributed by atoms with Crippen LogP contribution in [0.25, 0.3) is 21.3 Å². The third-order valence-electron chi connectivity index (χ3n) is 1.58. The van der Waals surface area contributed by atoms with Gasteiger partial charge >= 0.3 is 0 Å². The monoisotopic (exact) mass is 343 g/mol. The second-order valence-electron chi connectivity index (χ2n) is 2.79. The van der Waals surface area contributed by atoms with E-state index in [0.29, 0.717) is 0 Å². The molecule has 21 heavy (non-hydrogen) atoms. The summed E-state index contributed by atoms with van der Waals surface area (Å²) in [4.78, 5) is 43.8. The Morgan fingerprint density at radius 3 is 1.14 bits per heavy atom. The van der Waals surface area contributed by atoms with Gasteiger partial charge in [0, 0.05) is 28.9 Å². The van der Waals surface area contributed by atoms with Gasteiger partial charge in [0.05, 0.1) is 0 Å². The molecule has 0 N–H and O–H groups in total. The van der Waals surface area contributed by atoms with Crippen LogP contribution in [0.3, 0.4) is 0 Å². The van der Waals surface area contributed by atoms with Gasteiger partial charge in [-0.3, -0.25) is 0 Å². The van der Waals surface area contributed by atoms with Crippen molar-refractivity contribution in [2.45, 2.75) is 29.7 Å². The van der Waals surface area contributed by atoms with E-state index in [1.165, 1.54) is 0 Å². The van der Waals surface area contributed by atoms with Crippen molar-refractivity contribution in [1.29, 1.82) is 0 Å². The largest absolute Gasteiger partial charge is 0.656 e. The predicted molar refractivity (Wildman–Crippen MR) is 79.9 cm³/mol. The third-order valence-corrected chi connectivity index (χ3v) is 1.58. The summed E-state index contributed by atoms with van der Waals surface area (Å²) in [5.41, 5.74) is 0. The van der Waals surface area contributed by atoms with Crippen molar-refractivity contribution in [3.05, 3.63) is 21.3 Å². The predicted octanol–water partition coefficient (Wildman–Crippen LogP) is 2.14. The molecule has 1 aliphatic heterocycles. The van der Waals surface area contributed by atoms with E-state index >= 15 is 0 Å². The first-order valence-corrected chi connectivity index (χ1v) is 4.43. The molecule has 0 saturated carbocycles. The van der Waals surface area contributed by atoms with Gasteiger partial charge in [0.25, 0.3) is 0 Å². The Bertz CT molecular complexity index is 305. The van der Waals surface area contributed by atoms with Gasteiger partial charge < -0.3 is 40.4 Å². The Labute approximate surface area is 137 Å². The fraction of sp³-hybridized carbons (Fsp3) is 0.667. The zero-order valence-electron chi connectivity index (χ0n) is 8.63. The number of rotatable bonds is 0. The zero-order chi connectivity index (χ0) is 12.0. The van der Waals surface area contributed by atoms with Crippen LogP contribution < -0.4 is 0 Å². The molecule has 1 saturated heterocycles. The molecule has 1 aliphatic rings. The fourth-order valence-corrected chi connectivity index (χ4v) is 0.864. The van der Waals surface area contributed by atoms with Crippen LogP contribution in [0.1, 0.15) is 29.7 Å². The van der Waals surface area contributed by atoms with Gasteiger partial charge in [-0.15, -0.1) is 13.1 Å². The molecule has 9 heteroatoms. The molecule has 1 radical (unpaired) electrons. The maximum Gasteiger partial charge on any atom is 0.100 e. The Morgan fingerprint density at radius 2 is 0.857 bits per heavy atom. The zero-order valence-corrected chi connectivity index (χ0v) is 9.81. The molecule has 0 aromatic carbocycles. The first-order valence-electron chi connectivity index (χ1n) is 4.43. The van der Waals surface area contributed by atoms with E-state index < -0.39 is 36.7 Å². The summed E-state index contributed by atoms with van der Waals surface area (Å²) in [5, 5.41) is 13.3. The molecule has 0 unspecified atom stereocenters. The van der Waals surface area contributed by atoms with Crippen molar-refractivity contribution >= 4 is 23.6 Å². The summed E-state index contributed by atoms with van der Waals surface area (Å²) in [6.07, 6.45) is 0. The Balaban J connectivity index is -0.000000171. The van der Waals surface area contributed by atoms with E-state index in [1.54, 1.807) is 0 Å². The van der Waals surface area contributed by atoms with E-state index in [9.17, 15) is 19.2 Å². The molecule has 4 amide bonds. The van der Waals surface area contributed by atoms with Gasteiger partial charge in [-0.25, -0.2) is 0 Å². The average molecular weight is 343 g/mol. The van der Waals surface area contributed by atoms with E-state index in [2.05, 4.69) is 21.3 Å². The molecule has 0 bridgehead atoms. The molecule has 1 fully saturated rings. The van der Waals surface area contributed by atoms with Crippen molar-refractivity contribution in [2.75, 3.05) is 26.2 Å². The molecule has 0 aliphatic carbocycles. The summed E-state index contributed by atoms with van der Waals surface area (Å²) in [6, 6.07) is 0. The van der Waals surface area contributed by atoms with Gasteiger partial charge in [-0.05, 0) is 0 Å². The minimum atomic E-state index is -1.16. The second kappa shape index (κ2) is 16.5. The normalized spacial score (nSPS) is 14.9. The molecule has 0 spiro atoms. The summed E-state index contributed by atoms with van der Waals surface area (Å²) in [6.45, 7) is -0.841. The van der Waals surface area contributed by atoms with E-state index in [0.717, 1.165) is 0 Å². The van der Waals surface area contributed by atoms with Crippen LogP contribution in [-0.2, 0) is 36.2 Å². The van der Waals surface area contributed by atoms with Gasteiger partial charge in [-0.1, -0.05) is 42.8 Å². The van der Waals surface area contributed by atoms with Crippen molar-refractivity contribution in [2.24, 2.45) is 0 Å². The van der Waals surface area contributed by atoms with Crippen molar-refractivity contribution in [3.8, 4) is 0 Å². The van der Waals surface area contributed by atoms with Crippen molar-refractivity contribution in [3.63, 3.8) is 0 Å². The molecule has 127 valence electrons. The van der Waals surface area contributed by atoms with E-state index in [4.69, 9.17) is 0 Å². The number of amides is 4. The molecule has 0 aromatic rings. The van der Waals surface area contributed by atoms with Crippen LogP contribution >= 0.6 is 0 Å². The number of hydrogen-bond donors (Lipinski definition) is 0. The van der Waals surface area contributed by atoms with Crippen LogP contribution in [-0.4, -0.2) is 49.8 Å². The maximum absolute atomic E-state index is 11.0. The number of hydrogen-bond acceptors (Lipinski definition) is 4. The minimum Gasteiger partial charge on any atom is -0.656 e. The van der Waals surface area contributed by atoms with Crippen LogP contribution in [0.2, 0.25) is 0 Å². The minimum absolute atomic E-state index is 0. The van der Waals surface area contributed by atoms with Gasteiger partial charge in [0.2, 0.25) is 0 Å². The fourth-order valence-electron chi connectivity index (χ4n) is 0.864. The van der Waals surface area contributed by atoms with Crippen molar-refractivity contribution < 1.29 is 36.2 Å². The van der Waals surface area contributed by atoms with Gasteiger partial charge in [-0.2, -0.15) is 0 Å². The van der Waals surface area contributed by atoms with E-state index in [-0.39, 0.29) is 59.9 Å². The number of nitrogens with zero attached hydrogens (tertiary/aromatic N) is 4. The smallest absolute Gasteiger partial charge is 0.100 e. The molecule has 1 rings (SSSR count). The SMILES string of the molecule is C.C.C.C.O=C1C[N-]C(=O)C(=O)[N-]CC(=O)[N-]CC[N-]1.[Mn]. The summed E-state index contributed by atoms with van der Waals surface area (Å²) in [5.74, 6) is -3.58. The molecule has 0 atom stereocenters. The quantitative estimate of drug-likeness (QED) is 0.493. The van der Waals surface area contributed by atoms with Crippen LogP contribution in [0.15, 0.2) is 0 Å². The van der Waals surface area contributed by atoms with Gasteiger partial charge in [0.15, 0.2) is 0 Å². The molecule has 8 nitrogen and oxygen atoms in total. The second-order valence-corrected chi connectivity index (χ2v) is 2.79. The third kappa shape index (κ3) is 13.1. The number of carbonyl (C=O) groups excluding carboxylic acids is 4. The Kier molecular flexibility index (Phi) is 24.8. The summed E-state index contributed by atoms with van der Waals surface area (Å²) >= 11 is 0. The summed E-state index contributed by atoms with van der Waals surface area (Å²) in [7, 11) is 0. The molecule has 1 heterocycles. The Morgan fingerprint density at radius 1 is 0.571 bits per heavy atom. The first kappa shape index (κ1) is 31.7. The summed E-state index contributed by atoms with van der Waals surface area (Å²) < 4.78 is 0.